The predicted octanol–water partition coefficient (Wildman–Crippen LogP) is -0.716. The molecule has 39 heavy (non-hydrogen) atoms. The second-order valence-corrected chi connectivity index (χ2v) is 11.4. The number of nitrogens with zero attached hydrogens (tertiary/aromatic N) is 3. The van der Waals surface area contributed by atoms with Gasteiger partial charge in [-0.25, -0.2) is 8.96 Å². The van der Waals surface area contributed by atoms with Gasteiger partial charge in [0.05, 0.1) is 48.5 Å². The molecule has 2 amide bonds. The Morgan fingerprint density at radius 3 is 1.97 bits per heavy atom. The first-order valence-electron chi connectivity index (χ1n) is 12.7. The molecule has 0 radical (unpaired) electrons. The summed E-state index contributed by atoms with van der Waals surface area (Å²) in [5, 5.41) is 30.4. The molecule has 13 nitrogen and oxygen atoms in total. The Hall–Kier alpha value is -2.16. The maximum absolute atomic E-state index is 13.9. The molecule has 2 heterocycles. The van der Waals surface area contributed by atoms with Crippen molar-refractivity contribution in [2.75, 3.05) is 44.2 Å². The number of amides is 2. The number of aliphatic hydroxyl groups excluding tert-OH is 3. The van der Waals surface area contributed by atoms with E-state index in [1.54, 1.807) is 6.07 Å². The number of hydrogen-bond acceptors (Lipinski definition) is 9. The Bertz CT molecular complexity index is 1030. The van der Waals surface area contributed by atoms with Crippen LogP contribution in [0.1, 0.15) is 26.7 Å². The number of carbonyl (C=O) groups is 2. The summed E-state index contributed by atoms with van der Waals surface area (Å²) in [6.45, 7) is 6.51. The fraction of sp³-hybridized carbons (Fsp3) is 0.667. The fourth-order valence-electron chi connectivity index (χ4n) is 5.23. The van der Waals surface area contributed by atoms with E-state index in [4.69, 9.17) is 24.0 Å². The molecule has 2 saturated heterocycles. The van der Waals surface area contributed by atoms with Gasteiger partial charge in [-0.15, -0.1) is 0 Å². The van der Waals surface area contributed by atoms with E-state index in [1.165, 1.54) is 12.1 Å². The molecule has 3 fully saturated rings. The molecule has 3 aliphatic rings. The summed E-state index contributed by atoms with van der Waals surface area (Å²) < 4.78 is 28.6. The van der Waals surface area contributed by atoms with E-state index in [9.17, 15) is 29.3 Å². The molecule has 6 N–H and O–H groups in total. The molecule has 4 rings (SSSR count). The zero-order chi connectivity index (χ0) is 29.1. The molecular formula is C24H37FN3O10P. The van der Waals surface area contributed by atoms with Crippen LogP contribution < -0.4 is 9.64 Å². The van der Waals surface area contributed by atoms with Gasteiger partial charge in [0.15, 0.2) is 0 Å². The minimum atomic E-state index is -4.64. The maximum Gasteiger partial charge on any atom is 0.466 e. The number of aliphatic hydroxyl groups is 3. The van der Waals surface area contributed by atoms with Crippen molar-refractivity contribution < 1.29 is 53.3 Å². The molecule has 1 aromatic rings. The van der Waals surface area contributed by atoms with E-state index >= 15 is 0 Å². The van der Waals surface area contributed by atoms with E-state index in [-0.39, 0.29) is 43.1 Å². The van der Waals surface area contributed by atoms with E-state index in [1.807, 2.05) is 13.8 Å². The van der Waals surface area contributed by atoms with Crippen LogP contribution in [0.2, 0.25) is 0 Å². The Morgan fingerprint density at radius 1 is 0.974 bits per heavy atom. The minimum Gasteiger partial charge on any atom is -0.489 e. The van der Waals surface area contributed by atoms with Crippen LogP contribution in [0.25, 0.3) is 0 Å². The third-order valence-electron chi connectivity index (χ3n) is 6.95. The summed E-state index contributed by atoms with van der Waals surface area (Å²) in [6.07, 6.45) is -2.84. The summed E-state index contributed by atoms with van der Waals surface area (Å²) in [6, 6.07) is 4.49. The highest BCUT2D eigenvalue weighted by molar-refractivity contribution is 7.45. The smallest absolute Gasteiger partial charge is 0.466 e. The lowest BCUT2D eigenvalue weighted by atomic mass is 9.78. The Balaban J connectivity index is 0.000000771. The molecule has 1 aromatic carbocycles. The number of anilines is 1. The van der Waals surface area contributed by atoms with Gasteiger partial charge in [0.1, 0.15) is 11.6 Å². The third kappa shape index (κ3) is 8.66. The molecule has 220 valence electrons. The van der Waals surface area contributed by atoms with Crippen LogP contribution in [0.3, 0.4) is 0 Å². The van der Waals surface area contributed by atoms with Gasteiger partial charge in [-0.2, -0.15) is 0 Å². The first kappa shape index (κ1) is 31.4. The predicted molar refractivity (Wildman–Crippen MR) is 136 cm³/mol. The standard InChI is InChI=1S/C24H34FN3O6.H3O4P/c1-14(2)34-22-4-3-15(25)9-19(22)27-7-5-26(6-8-27)12-16(29)13-28-23(32)17-10-20(30)21(31)11-18(17)24(28)33;1-5(2,3)4/h3-4,9,14,16-18,20-21,29-31H,5-8,10-13H2,1-2H3;(H3,1,2,3,4). The van der Waals surface area contributed by atoms with Crippen LogP contribution in [-0.2, 0) is 14.2 Å². The van der Waals surface area contributed by atoms with Crippen molar-refractivity contribution >= 4 is 25.3 Å². The number of likely N-dealkylation sites (tertiary alicyclic amines) is 1. The quantitative estimate of drug-likeness (QED) is 0.176. The highest BCUT2D eigenvalue weighted by atomic mass is 31.2. The number of imide groups is 1. The van der Waals surface area contributed by atoms with Crippen molar-refractivity contribution in [3.05, 3.63) is 24.0 Å². The molecule has 5 atom stereocenters. The topological polar surface area (TPSA) is 192 Å². The van der Waals surface area contributed by atoms with E-state index in [2.05, 4.69) is 9.80 Å². The number of rotatable bonds is 7. The normalized spacial score (nSPS) is 26.8. The van der Waals surface area contributed by atoms with E-state index in [0.29, 0.717) is 44.2 Å². The van der Waals surface area contributed by atoms with Crippen LogP contribution in [0, 0.1) is 17.7 Å². The van der Waals surface area contributed by atoms with Crippen LogP contribution >= 0.6 is 7.82 Å². The Morgan fingerprint density at radius 2 is 1.49 bits per heavy atom. The van der Waals surface area contributed by atoms with Crippen LogP contribution in [-0.4, -0.2) is 115 Å². The second kappa shape index (κ2) is 13.0. The van der Waals surface area contributed by atoms with Gasteiger partial charge >= 0.3 is 7.82 Å². The lowest BCUT2D eigenvalue weighted by molar-refractivity contribution is -0.141. The van der Waals surface area contributed by atoms with Gasteiger partial charge in [-0.3, -0.25) is 19.4 Å². The first-order chi connectivity index (χ1) is 18.1. The molecule has 0 spiro atoms. The number of carbonyl (C=O) groups excluding carboxylic acids is 2. The van der Waals surface area contributed by atoms with Gasteiger partial charge in [0, 0.05) is 38.8 Å². The molecule has 5 unspecified atom stereocenters. The molecule has 0 aromatic heterocycles. The summed E-state index contributed by atoms with van der Waals surface area (Å²) in [7, 11) is -4.64. The number of piperazine rings is 1. The number of hydrogen-bond donors (Lipinski definition) is 6. The lowest BCUT2D eigenvalue weighted by Crippen LogP contribution is -2.50. The molecule has 1 aliphatic carbocycles. The van der Waals surface area contributed by atoms with E-state index in [0.717, 1.165) is 4.90 Å². The first-order valence-corrected chi connectivity index (χ1v) is 14.3. The molecular weight excluding hydrogens is 540 g/mol. The van der Waals surface area contributed by atoms with Crippen molar-refractivity contribution in [3.63, 3.8) is 0 Å². The van der Waals surface area contributed by atoms with Crippen LogP contribution in [0.5, 0.6) is 5.75 Å². The number of benzene rings is 1. The maximum atomic E-state index is 13.9. The number of phosphoric acid groups is 1. The van der Waals surface area contributed by atoms with Gasteiger partial charge in [0.25, 0.3) is 0 Å². The van der Waals surface area contributed by atoms with Gasteiger partial charge < -0.3 is 39.6 Å². The number of fused-ring (bicyclic) bond motifs is 1. The zero-order valence-corrected chi connectivity index (χ0v) is 22.7. The highest BCUT2D eigenvalue weighted by Gasteiger charge is 2.52. The minimum absolute atomic E-state index is 0.0352. The second-order valence-electron chi connectivity index (χ2n) is 10.3. The van der Waals surface area contributed by atoms with Crippen LogP contribution in [0.4, 0.5) is 10.1 Å². The fourth-order valence-corrected chi connectivity index (χ4v) is 5.23. The van der Waals surface area contributed by atoms with Gasteiger partial charge in [0.2, 0.25) is 11.8 Å². The number of ether oxygens (including phenoxy) is 1. The van der Waals surface area contributed by atoms with Crippen molar-refractivity contribution in [1.29, 1.82) is 0 Å². The summed E-state index contributed by atoms with van der Waals surface area (Å²) in [4.78, 5) is 52.2. The summed E-state index contributed by atoms with van der Waals surface area (Å²) in [5.41, 5.74) is 0.703. The number of halogens is 1. The summed E-state index contributed by atoms with van der Waals surface area (Å²) in [5.74, 6) is -1.72. The average Bonchev–Trinajstić information content (AvgIpc) is 3.04. The molecule has 2 aliphatic heterocycles. The van der Waals surface area contributed by atoms with Gasteiger partial charge in [-0.05, 0) is 38.8 Å². The zero-order valence-electron chi connectivity index (χ0n) is 21.8. The summed E-state index contributed by atoms with van der Waals surface area (Å²) >= 11 is 0. The van der Waals surface area contributed by atoms with Crippen molar-refractivity contribution in [2.45, 2.75) is 51.1 Å². The largest absolute Gasteiger partial charge is 0.489 e. The van der Waals surface area contributed by atoms with Crippen molar-refractivity contribution in [1.82, 2.24) is 9.80 Å². The van der Waals surface area contributed by atoms with Crippen molar-refractivity contribution in [3.8, 4) is 5.75 Å². The monoisotopic (exact) mass is 577 g/mol. The van der Waals surface area contributed by atoms with E-state index < -0.39 is 38.0 Å². The molecule has 1 saturated carbocycles. The highest BCUT2D eigenvalue weighted by Crippen LogP contribution is 2.38. The van der Waals surface area contributed by atoms with Crippen LogP contribution in [0.15, 0.2) is 18.2 Å². The number of β-amino-alcohol motifs (C(OH)–C–C–N with tert-alkyl or cyclic N) is 1. The lowest BCUT2D eigenvalue weighted by Gasteiger charge is -2.37. The SMILES string of the molecule is CC(C)Oc1ccc(F)cc1N1CCN(CC(O)CN2C(=O)C3CC(O)C(O)CC3C2=O)CC1.O=P(O)(O)O. The Labute approximate surface area is 225 Å². The molecule has 15 heteroatoms. The van der Waals surface area contributed by atoms with Gasteiger partial charge in [-0.1, -0.05) is 0 Å². The third-order valence-corrected chi connectivity index (χ3v) is 6.95. The van der Waals surface area contributed by atoms with Crippen molar-refractivity contribution in [2.24, 2.45) is 11.8 Å². The Kier molecular flexibility index (Phi) is 10.5. The average molecular weight is 578 g/mol. The molecule has 0 bridgehead atoms.